The van der Waals surface area contributed by atoms with E-state index in [4.69, 9.17) is 4.74 Å². The molecule has 1 amide bonds. The third-order valence-electron chi connectivity index (χ3n) is 6.30. The van der Waals surface area contributed by atoms with E-state index in [1.807, 2.05) is 50.2 Å². The van der Waals surface area contributed by atoms with Crippen molar-refractivity contribution in [3.8, 4) is 5.75 Å². The van der Waals surface area contributed by atoms with Gasteiger partial charge in [-0.25, -0.2) is 0 Å². The van der Waals surface area contributed by atoms with E-state index in [1.54, 1.807) is 11.7 Å². The van der Waals surface area contributed by atoms with Crippen LogP contribution in [-0.2, 0) is 30.6 Å². The Labute approximate surface area is 206 Å². The van der Waals surface area contributed by atoms with Gasteiger partial charge in [0, 0.05) is 17.3 Å². The molecular weight excluding hydrogens is 436 g/mol. The van der Waals surface area contributed by atoms with E-state index >= 15 is 0 Å². The number of amides is 1. The van der Waals surface area contributed by atoms with E-state index in [2.05, 4.69) is 42.6 Å². The number of nitrogens with zero attached hydrogens (tertiary/aromatic N) is 1. The Kier molecular flexibility index (Phi) is 7.35. The maximum Gasteiger partial charge on any atom is 0.254 e. The number of aryl methyl sites for hydroxylation is 5. The number of methoxy groups -OCH3 is 1. The van der Waals surface area contributed by atoms with Crippen LogP contribution in [0.2, 0.25) is 0 Å². The molecule has 0 bridgehead atoms. The smallest absolute Gasteiger partial charge is 0.254 e. The standard InChI is InChI=1S/C30H32N2O3/c1-5-22-6-8-23(9-7-22)10-11-25-17-24-12-13-27(35-4)18-28(24)32(30(25)34)19-29(33)31-26-15-20(2)14-21(3)16-26/h6-9,12-18H,5,10-11,19H2,1-4H3,(H,31,33). The number of rotatable bonds is 8. The van der Waals surface area contributed by atoms with Gasteiger partial charge in [-0.15, -0.1) is 0 Å². The second-order valence-electron chi connectivity index (χ2n) is 9.08. The van der Waals surface area contributed by atoms with Crippen molar-refractivity contribution in [1.82, 2.24) is 4.57 Å². The highest BCUT2D eigenvalue weighted by atomic mass is 16.5. The summed E-state index contributed by atoms with van der Waals surface area (Å²) < 4.78 is 6.94. The molecule has 0 aliphatic heterocycles. The van der Waals surface area contributed by atoms with E-state index in [1.165, 1.54) is 11.1 Å². The lowest BCUT2D eigenvalue weighted by atomic mass is 10.0. The van der Waals surface area contributed by atoms with Gasteiger partial charge in [0.05, 0.1) is 12.6 Å². The maximum absolute atomic E-state index is 13.5. The molecule has 0 radical (unpaired) electrons. The van der Waals surface area contributed by atoms with Crippen LogP contribution in [0.5, 0.6) is 5.75 Å². The fourth-order valence-electron chi connectivity index (χ4n) is 4.49. The zero-order valence-corrected chi connectivity index (χ0v) is 20.9. The fourth-order valence-corrected chi connectivity index (χ4v) is 4.49. The molecule has 0 fully saturated rings. The van der Waals surface area contributed by atoms with Crippen LogP contribution in [0.1, 0.15) is 34.7 Å². The Morgan fingerprint density at radius 3 is 2.23 bits per heavy atom. The first-order chi connectivity index (χ1) is 16.9. The molecule has 4 rings (SSSR count). The van der Waals surface area contributed by atoms with Gasteiger partial charge >= 0.3 is 0 Å². The Morgan fingerprint density at radius 2 is 1.57 bits per heavy atom. The van der Waals surface area contributed by atoms with Crippen LogP contribution in [-0.4, -0.2) is 17.6 Å². The first-order valence-electron chi connectivity index (χ1n) is 12.0. The number of carbonyl (C=O) groups excluding carboxylic acids is 1. The van der Waals surface area contributed by atoms with E-state index in [0.717, 1.165) is 35.0 Å². The summed E-state index contributed by atoms with van der Waals surface area (Å²) in [7, 11) is 1.59. The van der Waals surface area contributed by atoms with Crippen molar-refractivity contribution >= 4 is 22.5 Å². The second-order valence-corrected chi connectivity index (χ2v) is 9.08. The third-order valence-corrected chi connectivity index (χ3v) is 6.30. The summed E-state index contributed by atoms with van der Waals surface area (Å²) in [5, 5.41) is 3.85. The monoisotopic (exact) mass is 468 g/mol. The average Bonchev–Trinajstić information content (AvgIpc) is 2.84. The number of anilines is 1. The molecular formula is C30H32N2O3. The number of pyridine rings is 1. The summed E-state index contributed by atoms with van der Waals surface area (Å²) in [6, 6.07) is 22.0. The van der Waals surface area contributed by atoms with Gasteiger partial charge in [0.1, 0.15) is 12.3 Å². The van der Waals surface area contributed by atoms with Gasteiger partial charge in [-0.05, 0) is 91.1 Å². The molecule has 0 aliphatic rings. The minimum Gasteiger partial charge on any atom is -0.497 e. The summed E-state index contributed by atoms with van der Waals surface area (Å²) in [5.74, 6) is 0.401. The summed E-state index contributed by atoms with van der Waals surface area (Å²) in [4.78, 5) is 26.5. The molecule has 0 saturated carbocycles. The van der Waals surface area contributed by atoms with Crippen molar-refractivity contribution in [3.63, 3.8) is 0 Å². The lowest BCUT2D eigenvalue weighted by molar-refractivity contribution is -0.116. The Hall–Kier alpha value is -3.86. The number of fused-ring (bicyclic) bond motifs is 1. The number of nitrogens with one attached hydrogen (secondary N) is 1. The van der Waals surface area contributed by atoms with Gasteiger partial charge in [0.25, 0.3) is 5.56 Å². The molecule has 1 aromatic heterocycles. The quantitative estimate of drug-likeness (QED) is 0.365. The first-order valence-corrected chi connectivity index (χ1v) is 12.0. The fraction of sp³-hybridized carbons (Fsp3) is 0.267. The molecule has 3 aromatic carbocycles. The van der Waals surface area contributed by atoms with Crippen LogP contribution < -0.4 is 15.6 Å². The molecule has 35 heavy (non-hydrogen) atoms. The molecule has 1 N–H and O–H groups in total. The number of benzene rings is 3. The van der Waals surface area contributed by atoms with Crippen LogP contribution in [0.4, 0.5) is 5.69 Å². The Bertz CT molecular complexity index is 1400. The van der Waals surface area contributed by atoms with Crippen LogP contribution in [0, 0.1) is 13.8 Å². The van der Waals surface area contributed by atoms with Crippen molar-refractivity contribution in [2.24, 2.45) is 0 Å². The van der Waals surface area contributed by atoms with Gasteiger partial charge in [-0.2, -0.15) is 0 Å². The van der Waals surface area contributed by atoms with Gasteiger partial charge in [0.15, 0.2) is 0 Å². The lowest BCUT2D eigenvalue weighted by Crippen LogP contribution is -2.30. The number of hydrogen-bond acceptors (Lipinski definition) is 3. The highest BCUT2D eigenvalue weighted by Crippen LogP contribution is 2.22. The molecule has 4 aromatic rings. The molecule has 0 unspecified atom stereocenters. The summed E-state index contributed by atoms with van der Waals surface area (Å²) >= 11 is 0. The van der Waals surface area contributed by atoms with E-state index in [9.17, 15) is 9.59 Å². The number of ether oxygens (including phenoxy) is 1. The van der Waals surface area contributed by atoms with Gasteiger partial charge in [-0.3, -0.25) is 14.2 Å². The number of hydrogen-bond donors (Lipinski definition) is 1. The van der Waals surface area contributed by atoms with Gasteiger partial charge < -0.3 is 10.1 Å². The van der Waals surface area contributed by atoms with Crippen molar-refractivity contribution < 1.29 is 9.53 Å². The predicted molar refractivity (Wildman–Crippen MR) is 143 cm³/mol. The third kappa shape index (κ3) is 5.80. The highest BCUT2D eigenvalue weighted by Gasteiger charge is 2.14. The lowest BCUT2D eigenvalue weighted by Gasteiger charge is -2.15. The van der Waals surface area contributed by atoms with E-state index < -0.39 is 0 Å². The first kappa shape index (κ1) is 24.3. The largest absolute Gasteiger partial charge is 0.497 e. The van der Waals surface area contributed by atoms with Crippen molar-refractivity contribution in [2.75, 3.05) is 12.4 Å². The zero-order valence-electron chi connectivity index (χ0n) is 20.9. The van der Waals surface area contributed by atoms with Crippen LogP contribution in [0.25, 0.3) is 10.9 Å². The molecule has 180 valence electrons. The molecule has 5 nitrogen and oxygen atoms in total. The minimum absolute atomic E-state index is 0.0749. The normalized spacial score (nSPS) is 11.0. The molecule has 5 heteroatoms. The molecule has 0 spiro atoms. The summed E-state index contributed by atoms with van der Waals surface area (Å²) in [6.45, 7) is 6.05. The Balaban J connectivity index is 1.65. The summed E-state index contributed by atoms with van der Waals surface area (Å²) in [5.41, 5.74) is 6.59. The number of carbonyl (C=O) groups is 1. The van der Waals surface area contributed by atoms with E-state index in [-0.39, 0.29) is 18.0 Å². The highest BCUT2D eigenvalue weighted by molar-refractivity contribution is 5.92. The van der Waals surface area contributed by atoms with Crippen LogP contribution >= 0.6 is 0 Å². The van der Waals surface area contributed by atoms with Crippen molar-refractivity contribution in [2.45, 2.75) is 46.6 Å². The van der Waals surface area contributed by atoms with E-state index in [0.29, 0.717) is 23.3 Å². The second kappa shape index (κ2) is 10.6. The van der Waals surface area contributed by atoms with Crippen molar-refractivity contribution in [3.05, 3.63) is 105 Å². The van der Waals surface area contributed by atoms with Crippen LogP contribution in [0.15, 0.2) is 71.5 Å². The van der Waals surface area contributed by atoms with Crippen molar-refractivity contribution in [1.29, 1.82) is 0 Å². The molecule has 0 aliphatic carbocycles. The number of aromatic nitrogens is 1. The molecule has 1 heterocycles. The predicted octanol–water partition coefficient (Wildman–Crippen LogP) is 5.61. The van der Waals surface area contributed by atoms with Gasteiger partial charge in [0.2, 0.25) is 5.91 Å². The van der Waals surface area contributed by atoms with Crippen LogP contribution in [0.3, 0.4) is 0 Å². The minimum atomic E-state index is -0.242. The summed E-state index contributed by atoms with van der Waals surface area (Å²) in [6.07, 6.45) is 2.37. The molecule has 0 saturated heterocycles. The SMILES string of the molecule is CCc1ccc(CCc2cc3ccc(OC)cc3n(CC(=O)Nc3cc(C)cc(C)c3)c2=O)cc1. The van der Waals surface area contributed by atoms with Gasteiger partial charge in [-0.1, -0.05) is 37.3 Å². The topological polar surface area (TPSA) is 60.3 Å². The zero-order chi connectivity index (χ0) is 24.9. The molecule has 0 atom stereocenters. The average molecular weight is 469 g/mol. The maximum atomic E-state index is 13.5. The Morgan fingerprint density at radius 1 is 0.886 bits per heavy atom.